The summed E-state index contributed by atoms with van der Waals surface area (Å²) in [4.78, 5) is 8.77. The fourth-order valence-corrected chi connectivity index (χ4v) is 2.59. The van der Waals surface area contributed by atoms with Crippen LogP contribution in [0, 0.1) is 5.82 Å². The Hall–Kier alpha value is -1.00. The van der Waals surface area contributed by atoms with Crippen molar-refractivity contribution in [3.8, 4) is 11.4 Å². The third-order valence-corrected chi connectivity index (χ3v) is 3.88. The second-order valence-electron chi connectivity index (χ2n) is 5.26. The molecule has 0 radical (unpaired) electrons. The van der Waals surface area contributed by atoms with E-state index < -0.39 is 0 Å². The molecule has 1 heterocycles. The lowest BCUT2D eigenvalue weighted by molar-refractivity contribution is 0.564. The first kappa shape index (κ1) is 14.4. The summed E-state index contributed by atoms with van der Waals surface area (Å²) in [5, 5.41) is 0.360. The molecule has 0 atom stereocenters. The van der Waals surface area contributed by atoms with E-state index in [4.69, 9.17) is 11.6 Å². The summed E-state index contributed by atoms with van der Waals surface area (Å²) < 4.78 is 13.6. The fraction of sp³-hybridized carbons (Fsp3) is 0.286. The molecule has 2 rings (SSSR count). The third kappa shape index (κ3) is 3.12. The highest BCUT2D eigenvalue weighted by molar-refractivity contribution is 9.10. The maximum absolute atomic E-state index is 12.9. The van der Waals surface area contributed by atoms with Gasteiger partial charge < -0.3 is 0 Å². The average molecular weight is 344 g/mol. The van der Waals surface area contributed by atoms with E-state index in [1.54, 1.807) is 12.1 Å². The van der Waals surface area contributed by atoms with E-state index in [0.29, 0.717) is 15.5 Å². The van der Waals surface area contributed by atoms with Crippen LogP contribution in [-0.4, -0.2) is 9.97 Å². The second kappa shape index (κ2) is 5.17. The van der Waals surface area contributed by atoms with Gasteiger partial charge >= 0.3 is 0 Å². The minimum Gasteiger partial charge on any atom is -0.231 e. The van der Waals surface area contributed by atoms with Gasteiger partial charge in [-0.15, -0.1) is 0 Å². The van der Waals surface area contributed by atoms with Crippen molar-refractivity contribution in [1.82, 2.24) is 9.97 Å². The molecule has 0 spiro atoms. The zero-order valence-corrected chi connectivity index (χ0v) is 13.2. The molecular weight excluding hydrogens is 331 g/mol. The van der Waals surface area contributed by atoms with Gasteiger partial charge in [0, 0.05) is 11.0 Å². The molecule has 1 aromatic heterocycles. The van der Waals surface area contributed by atoms with Crippen LogP contribution < -0.4 is 0 Å². The van der Waals surface area contributed by atoms with Crippen LogP contribution in [0.2, 0.25) is 5.15 Å². The van der Waals surface area contributed by atoms with E-state index in [-0.39, 0.29) is 11.2 Å². The number of nitrogens with zero attached hydrogens (tertiary/aromatic N) is 2. The summed E-state index contributed by atoms with van der Waals surface area (Å²) in [5.74, 6) is 0.209. The zero-order chi connectivity index (χ0) is 14.2. The number of benzene rings is 1. The smallest absolute Gasteiger partial charge is 0.161 e. The number of rotatable bonds is 1. The highest BCUT2D eigenvalue weighted by Crippen LogP contribution is 2.34. The molecule has 0 amide bonds. The lowest BCUT2D eigenvalue weighted by atomic mass is 9.92. The van der Waals surface area contributed by atoms with E-state index in [1.165, 1.54) is 12.1 Å². The van der Waals surface area contributed by atoms with Crippen molar-refractivity contribution < 1.29 is 4.39 Å². The minimum atomic E-state index is -0.289. The Labute approximate surface area is 125 Å². The quantitative estimate of drug-likeness (QED) is 0.681. The fourth-order valence-electron chi connectivity index (χ4n) is 1.64. The summed E-state index contributed by atoms with van der Waals surface area (Å²) in [6, 6.07) is 6.04. The first-order valence-corrected chi connectivity index (χ1v) is 6.95. The van der Waals surface area contributed by atoms with Crippen LogP contribution in [0.15, 0.2) is 28.7 Å². The van der Waals surface area contributed by atoms with Crippen molar-refractivity contribution in [3.05, 3.63) is 45.4 Å². The molecule has 0 N–H and O–H groups in total. The lowest BCUT2D eigenvalue weighted by Crippen LogP contribution is -2.16. The van der Waals surface area contributed by atoms with Gasteiger partial charge in [-0.25, -0.2) is 14.4 Å². The van der Waals surface area contributed by atoms with Gasteiger partial charge in [-0.2, -0.15) is 0 Å². The Bertz CT molecular complexity index is 606. The van der Waals surface area contributed by atoms with Crippen LogP contribution in [0.25, 0.3) is 11.4 Å². The van der Waals surface area contributed by atoms with Gasteiger partial charge in [0.1, 0.15) is 11.0 Å². The molecule has 0 fully saturated rings. The summed E-state index contributed by atoms with van der Waals surface area (Å²) >= 11 is 9.55. The molecule has 0 aliphatic heterocycles. The van der Waals surface area contributed by atoms with E-state index in [1.807, 2.05) is 20.8 Å². The molecule has 0 aliphatic rings. The van der Waals surface area contributed by atoms with E-state index in [2.05, 4.69) is 25.9 Å². The van der Waals surface area contributed by atoms with Crippen LogP contribution in [0.1, 0.15) is 26.5 Å². The first-order valence-electron chi connectivity index (χ1n) is 5.78. The van der Waals surface area contributed by atoms with Crippen LogP contribution in [0.3, 0.4) is 0 Å². The van der Waals surface area contributed by atoms with E-state index in [0.717, 1.165) is 11.3 Å². The van der Waals surface area contributed by atoms with Crippen LogP contribution in [-0.2, 0) is 5.41 Å². The van der Waals surface area contributed by atoms with Crippen molar-refractivity contribution in [2.45, 2.75) is 26.2 Å². The molecule has 1 aromatic carbocycles. The van der Waals surface area contributed by atoms with Gasteiger partial charge in [0.05, 0.1) is 10.2 Å². The molecule has 0 saturated carbocycles. The van der Waals surface area contributed by atoms with Crippen molar-refractivity contribution in [1.29, 1.82) is 0 Å². The molecule has 19 heavy (non-hydrogen) atoms. The largest absolute Gasteiger partial charge is 0.231 e. The van der Waals surface area contributed by atoms with Crippen molar-refractivity contribution in [2.75, 3.05) is 0 Å². The highest BCUT2D eigenvalue weighted by Gasteiger charge is 2.23. The topological polar surface area (TPSA) is 25.8 Å². The number of halogens is 3. The van der Waals surface area contributed by atoms with Crippen LogP contribution in [0.4, 0.5) is 4.39 Å². The maximum atomic E-state index is 12.9. The van der Waals surface area contributed by atoms with Gasteiger partial charge in [0.25, 0.3) is 0 Å². The maximum Gasteiger partial charge on any atom is 0.161 e. The second-order valence-corrected chi connectivity index (χ2v) is 6.41. The molecule has 2 nitrogen and oxygen atoms in total. The highest BCUT2D eigenvalue weighted by atomic mass is 79.9. The van der Waals surface area contributed by atoms with Crippen LogP contribution in [0.5, 0.6) is 0 Å². The van der Waals surface area contributed by atoms with E-state index >= 15 is 0 Å². The summed E-state index contributed by atoms with van der Waals surface area (Å²) in [7, 11) is 0. The van der Waals surface area contributed by atoms with Gasteiger partial charge in [-0.1, -0.05) is 32.4 Å². The Morgan fingerprint density at radius 2 is 1.68 bits per heavy atom. The Morgan fingerprint density at radius 1 is 1.11 bits per heavy atom. The van der Waals surface area contributed by atoms with E-state index in [9.17, 15) is 4.39 Å². The molecule has 0 bridgehead atoms. The average Bonchev–Trinajstić information content (AvgIpc) is 2.32. The summed E-state index contributed by atoms with van der Waals surface area (Å²) in [5.41, 5.74) is 1.40. The van der Waals surface area contributed by atoms with Gasteiger partial charge in [0.15, 0.2) is 5.82 Å². The standard InChI is InChI=1S/C14H13BrClFN2/c1-14(2,3)11-10(15)12(16)19-13(18-11)8-4-6-9(17)7-5-8/h4-7H,1-3H3. The first-order chi connectivity index (χ1) is 8.79. The molecule has 5 heteroatoms. The molecule has 100 valence electrons. The Morgan fingerprint density at radius 3 is 2.21 bits per heavy atom. The van der Waals surface area contributed by atoms with Crippen molar-refractivity contribution in [2.24, 2.45) is 0 Å². The molecule has 0 unspecified atom stereocenters. The predicted molar refractivity (Wildman–Crippen MR) is 78.8 cm³/mol. The van der Waals surface area contributed by atoms with Gasteiger partial charge in [-0.3, -0.25) is 0 Å². The lowest BCUT2D eigenvalue weighted by Gasteiger charge is -2.20. The van der Waals surface area contributed by atoms with Crippen molar-refractivity contribution in [3.63, 3.8) is 0 Å². The summed E-state index contributed by atoms with van der Waals surface area (Å²) in [6.45, 7) is 6.14. The molecule has 0 aliphatic carbocycles. The Kier molecular flexibility index (Phi) is 3.92. The number of hydrogen-bond acceptors (Lipinski definition) is 2. The predicted octanol–water partition coefficient (Wildman–Crippen LogP) is 5.00. The third-order valence-electron chi connectivity index (χ3n) is 2.62. The number of hydrogen-bond donors (Lipinski definition) is 0. The monoisotopic (exact) mass is 342 g/mol. The van der Waals surface area contributed by atoms with Gasteiger partial charge in [0.2, 0.25) is 0 Å². The normalized spacial score (nSPS) is 11.7. The zero-order valence-electron chi connectivity index (χ0n) is 10.8. The minimum absolute atomic E-state index is 0.166. The molecule has 2 aromatic rings. The molecular formula is C14H13BrClFN2. The SMILES string of the molecule is CC(C)(C)c1nc(-c2ccc(F)cc2)nc(Cl)c1Br. The molecule has 0 saturated heterocycles. The Balaban J connectivity index is 2.60. The summed E-state index contributed by atoms with van der Waals surface area (Å²) in [6.07, 6.45) is 0. The number of aromatic nitrogens is 2. The van der Waals surface area contributed by atoms with Crippen LogP contribution >= 0.6 is 27.5 Å². The van der Waals surface area contributed by atoms with Crippen molar-refractivity contribution >= 4 is 27.5 Å². The van der Waals surface area contributed by atoms with Gasteiger partial charge in [-0.05, 0) is 40.2 Å².